The highest BCUT2D eigenvalue weighted by Crippen LogP contribution is 2.27. The molecule has 4 heteroatoms. The highest BCUT2D eigenvalue weighted by molar-refractivity contribution is 6.30. The van der Waals surface area contributed by atoms with E-state index in [0.29, 0.717) is 13.2 Å². The lowest BCUT2D eigenvalue weighted by molar-refractivity contribution is 0.288. The predicted octanol–water partition coefficient (Wildman–Crippen LogP) is 6.18. The summed E-state index contributed by atoms with van der Waals surface area (Å²) in [4.78, 5) is 0. The van der Waals surface area contributed by atoms with E-state index in [1.807, 2.05) is 42.5 Å². The Labute approximate surface area is 172 Å². The third-order valence-electron chi connectivity index (χ3n) is 4.66. The Morgan fingerprint density at radius 3 is 2.54 bits per heavy atom. The lowest BCUT2D eigenvalue weighted by atomic mass is 10.1. The summed E-state index contributed by atoms with van der Waals surface area (Å²) in [6, 6.07) is 18.2. The van der Waals surface area contributed by atoms with Crippen molar-refractivity contribution < 1.29 is 9.47 Å². The van der Waals surface area contributed by atoms with Crippen LogP contribution in [0.25, 0.3) is 0 Å². The largest absolute Gasteiger partial charge is 0.493 e. The third kappa shape index (κ3) is 6.35. The van der Waals surface area contributed by atoms with Gasteiger partial charge in [-0.2, -0.15) is 0 Å². The molecule has 3 rings (SSSR count). The number of halogens is 1. The van der Waals surface area contributed by atoms with Crippen molar-refractivity contribution in [1.82, 2.24) is 4.57 Å². The predicted molar refractivity (Wildman–Crippen MR) is 116 cm³/mol. The monoisotopic (exact) mass is 397 g/mol. The molecule has 3 aromatic rings. The van der Waals surface area contributed by atoms with Crippen molar-refractivity contribution in [3.63, 3.8) is 0 Å². The molecule has 1 heterocycles. The maximum Gasteiger partial charge on any atom is 0.126 e. The lowest BCUT2D eigenvalue weighted by Gasteiger charge is -2.14. The normalized spacial score (nSPS) is 10.8. The number of aromatic nitrogens is 1. The molecule has 148 valence electrons. The van der Waals surface area contributed by atoms with Crippen molar-refractivity contribution in [3.8, 4) is 11.5 Å². The maximum atomic E-state index is 6.11. The molecule has 0 bridgehead atoms. The standard InChI is InChI=1S/C24H28ClNO2/c1-2-3-8-21-10-11-23(27-16-12-20-7-6-9-22(25)18-20)19-24(21)28-17-15-26-13-4-5-14-26/h4-7,9-11,13-14,18-19H,2-3,8,12,15-17H2,1H3. The Morgan fingerprint density at radius 2 is 1.75 bits per heavy atom. The zero-order valence-electron chi connectivity index (χ0n) is 16.4. The highest BCUT2D eigenvalue weighted by atomic mass is 35.5. The molecule has 0 radical (unpaired) electrons. The van der Waals surface area contributed by atoms with Gasteiger partial charge in [0.2, 0.25) is 0 Å². The van der Waals surface area contributed by atoms with Crippen LogP contribution in [0.2, 0.25) is 5.02 Å². The van der Waals surface area contributed by atoms with Gasteiger partial charge < -0.3 is 14.0 Å². The third-order valence-corrected chi connectivity index (χ3v) is 4.90. The molecule has 0 aliphatic carbocycles. The van der Waals surface area contributed by atoms with Crippen LogP contribution in [0.4, 0.5) is 0 Å². The topological polar surface area (TPSA) is 23.4 Å². The molecule has 0 saturated carbocycles. The molecule has 0 aliphatic heterocycles. The first-order valence-electron chi connectivity index (χ1n) is 9.98. The number of rotatable bonds is 11. The van der Waals surface area contributed by atoms with Crippen LogP contribution in [0.3, 0.4) is 0 Å². The fourth-order valence-corrected chi connectivity index (χ4v) is 3.31. The molecule has 0 unspecified atom stereocenters. The minimum absolute atomic E-state index is 0.609. The Balaban J connectivity index is 1.59. The second-order valence-electron chi connectivity index (χ2n) is 6.87. The summed E-state index contributed by atoms with van der Waals surface area (Å²) in [5.74, 6) is 1.78. The van der Waals surface area contributed by atoms with Gasteiger partial charge in [0.15, 0.2) is 0 Å². The van der Waals surface area contributed by atoms with Gasteiger partial charge in [0.1, 0.15) is 18.1 Å². The van der Waals surface area contributed by atoms with Gasteiger partial charge in [-0.05, 0) is 54.3 Å². The summed E-state index contributed by atoms with van der Waals surface area (Å²) in [5, 5.41) is 0.760. The first-order chi connectivity index (χ1) is 13.7. The Kier molecular flexibility index (Phi) is 7.86. The molecule has 0 N–H and O–H groups in total. The molecule has 1 aromatic heterocycles. The average molecular weight is 398 g/mol. The van der Waals surface area contributed by atoms with Gasteiger partial charge in [0, 0.05) is 29.9 Å². The van der Waals surface area contributed by atoms with E-state index in [0.717, 1.165) is 42.3 Å². The summed E-state index contributed by atoms with van der Waals surface area (Å²) < 4.78 is 14.2. The molecular weight excluding hydrogens is 370 g/mol. The molecule has 0 spiro atoms. The first-order valence-corrected chi connectivity index (χ1v) is 10.4. The van der Waals surface area contributed by atoms with Gasteiger partial charge in [0.05, 0.1) is 13.2 Å². The number of aryl methyl sites for hydroxylation is 1. The van der Waals surface area contributed by atoms with E-state index in [4.69, 9.17) is 21.1 Å². The zero-order valence-corrected chi connectivity index (χ0v) is 17.2. The van der Waals surface area contributed by atoms with Crippen LogP contribution in [-0.4, -0.2) is 17.8 Å². The van der Waals surface area contributed by atoms with Gasteiger partial charge in [0.25, 0.3) is 0 Å². The summed E-state index contributed by atoms with van der Waals surface area (Å²) in [6.45, 7) is 4.29. The maximum absolute atomic E-state index is 6.11. The van der Waals surface area contributed by atoms with E-state index in [1.54, 1.807) is 0 Å². The molecule has 3 nitrogen and oxygen atoms in total. The Morgan fingerprint density at radius 1 is 0.893 bits per heavy atom. The first kappa shape index (κ1) is 20.3. The second-order valence-corrected chi connectivity index (χ2v) is 7.31. The SMILES string of the molecule is CCCCc1ccc(OCCc2cccc(Cl)c2)cc1OCCn1cccc1. The number of hydrogen-bond donors (Lipinski definition) is 0. The van der Waals surface area contributed by atoms with E-state index in [1.165, 1.54) is 17.5 Å². The van der Waals surface area contributed by atoms with Crippen LogP contribution < -0.4 is 9.47 Å². The molecule has 0 atom stereocenters. The fourth-order valence-electron chi connectivity index (χ4n) is 3.09. The van der Waals surface area contributed by atoms with Gasteiger partial charge in [-0.25, -0.2) is 0 Å². The van der Waals surface area contributed by atoms with E-state index in [9.17, 15) is 0 Å². The van der Waals surface area contributed by atoms with Gasteiger partial charge in [-0.3, -0.25) is 0 Å². The van der Waals surface area contributed by atoms with Crippen LogP contribution in [0.1, 0.15) is 30.9 Å². The fraction of sp³-hybridized carbons (Fsp3) is 0.333. The molecule has 0 saturated heterocycles. The van der Waals surface area contributed by atoms with Gasteiger partial charge in [-0.15, -0.1) is 0 Å². The highest BCUT2D eigenvalue weighted by Gasteiger charge is 2.07. The van der Waals surface area contributed by atoms with Crippen LogP contribution in [0.15, 0.2) is 67.0 Å². The molecule has 0 amide bonds. The van der Waals surface area contributed by atoms with Crippen LogP contribution in [0, 0.1) is 0 Å². The smallest absolute Gasteiger partial charge is 0.126 e. The van der Waals surface area contributed by atoms with Crippen LogP contribution in [0.5, 0.6) is 11.5 Å². The van der Waals surface area contributed by atoms with E-state index < -0.39 is 0 Å². The summed E-state index contributed by atoms with van der Waals surface area (Å²) >= 11 is 6.05. The van der Waals surface area contributed by atoms with E-state index in [-0.39, 0.29) is 0 Å². The number of unbranched alkanes of at least 4 members (excludes halogenated alkanes) is 1. The molecule has 28 heavy (non-hydrogen) atoms. The van der Waals surface area contributed by atoms with Crippen molar-refractivity contribution in [2.45, 2.75) is 39.2 Å². The number of nitrogens with zero attached hydrogens (tertiary/aromatic N) is 1. The van der Waals surface area contributed by atoms with Crippen molar-refractivity contribution in [2.24, 2.45) is 0 Å². The number of hydrogen-bond acceptors (Lipinski definition) is 2. The van der Waals surface area contributed by atoms with E-state index >= 15 is 0 Å². The average Bonchev–Trinajstić information content (AvgIpc) is 3.21. The molecule has 0 fully saturated rings. The Bertz CT molecular complexity index is 846. The lowest BCUT2D eigenvalue weighted by Crippen LogP contribution is -2.08. The number of ether oxygens (including phenoxy) is 2. The van der Waals surface area contributed by atoms with Crippen molar-refractivity contribution >= 4 is 11.6 Å². The summed E-state index contributed by atoms with van der Waals surface area (Å²) in [7, 11) is 0. The quantitative estimate of drug-likeness (QED) is 0.385. The minimum Gasteiger partial charge on any atom is -0.493 e. The second kappa shape index (κ2) is 10.8. The van der Waals surface area contributed by atoms with Gasteiger partial charge >= 0.3 is 0 Å². The Hall–Kier alpha value is -2.39. The van der Waals surface area contributed by atoms with Crippen LogP contribution >= 0.6 is 11.6 Å². The summed E-state index contributed by atoms with van der Waals surface area (Å²) in [5.41, 5.74) is 2.42. The van der Waals surface area contributed by atoms with Crippen LogP contribution in [-0.2, 0) is 19.4 Å². The molecule has 0 aliphatic rings. The van der Waals surface area contributed by atoms with Gasteiger partial charge in [-0.1, -0.05) is 43.1 Å². The molecular formula is C24H28ClNO2. The van der Waals surface area contributed by atoms with E-state index in [2.05, 4.69) is 36.0 Å². The van der Waals surface area contributed by atoms with Crippen molar-refractivity contribution in [3.05, 3.63) is 83.1 Å². The van der Waals surface area contributed by atoms with Crippen molar-refractivity contribution in [2.75, 3.05) is 13.2 Å². The van der Waals surface area contributed by atoms with Crippen molar-refractivity contribution in [1.29, 1.82) is 0 Å². The molecule has 2 aromatic carbocycles. The minimum atomic E-state index is 0.609. The zero-order chi connectivity index (χ0) is 19.6. The number of benzene rings is 2. The summed E-state index contributed by atoms with van der Waals surface area (Å²) in [6.07, 6.45) is 8.27.